The summed E-state index contributed by atoms with van der Waals surface area (Å²) >= 11 is 0. The Balaban J connectivity index is 1.93. The first-order valence-corrected chi connectivity index (χ1v) is 10.5. The lowest BCUT2D eigenvalue weighted by atomic mass is 9.53. The van der Waals surface area contributed by atoms with E-state index < -0.39 is 11.2 Å². The van der Waals surface area contributed by atoms with Crippen LogP contribution in [0, 0.1) is 24.2 Å². The van der Waals surface area contributed by atoms with E-state index in [1.165, 1.54) is 6.92 Å². The summed E-state index contributed by atoms with van der Waals surface area (Å²) in [6.07, 6.45) is 1.65. The van der Waals surface area contributed by atoms with Gasteiger partial charge in [-0.2, -0.15) is 0 Å². The molecule has 0 amide bonds. The molecule has 1 aromatic carbocycles. The Hall–Kier alpha value is -2.75. The number of rotatable bonds is 2. The highest BCUT2D eigenvalue weighted by molar-refractivity contribution is 6.23. The van der Waals surface area contributed by atoms with Crippen molar-refractivity contribution in [1.82, 2.24) is 0 Å². The smallest absolute Gasteiger partial charge is 0.189 e. The van der Waals surface area contributed by atoms with Crippen LogP contribution in [0.1, 0.15) is 67.6 Å². The highest BCUT2D eigenvalue weighted by Gasteiger charge is 2.55. The normalized spacial score (nSPS) is 28.2. The maximum absolute atomic E-state index is 13.7. The van der Waals surface area contributed by atoms with Crippen molar-refractivity contribution in [1.29, 1.82) is 0 Å². The van der Waals surface area contributed by atoms with Crippen molar-refractivity contribution in [3.05, 3.63) is 63.4 Å². The molecule has 4 rings (SSSR count). The molecular weight excluding hydrogens is 376 g/mol. The number of aryl methyl sites for hydroxylation is 1. The minimum Gasteiger partial charge on any atom is -0.511 e. The average molecular weight is 405 g/mol. The molecule has 3 aliphatic rings. The maximum atomic E-state index is 13.7. The van der Waals surface area contributed by atoms with Gasteiger partial charge in [-0.25, -0.2) is 0 Å². The molecule has 0 bridgehead atoms. The van der Waals surface area contributed by atoms with Crippen molar-refractivity contribution < 1.29 is 19.5 Å². The molecule has 3 unspecified atom stereocenters. The van der Waals surface area contributed by atoms with E-state index >= 15 is 0 Å². The zero-order chi connectivity index (χ0) is 22.1. The molecule has 0 spiro atoms. The number of benzene rings is 1. The molecular formula is C26H28O4. The van der Waals surface area contributed by atoms with E-state index in [0.29, 0.717) is 12.8 Å². The Bertz CT molecular complexity index is 1110. The number of carbonyl (C=O) groups excluding carboxylic acids is 3. The van der Waals surface area contributed by atoms with Gasteiger partial charge < -0.3 is 5.11 Å². The third kappa shape index (κ3) is 2.55. The van der Waals surface area contributed by atoms with E-state index in [-0.39, 0.29) is 34.7 Å². The van der Waals surface area contributed by atoms with Crippen LogP contribution in [0.5, 0.6) is 0 Å². The van der Waals surface area contributed by atoms with Crippen LogP contribution in [0.2, 0.25) is 0 Å². The second-order valence-corrected chi connectivity index (χ2v) is 9.38. The molecule has 0 radical (unpaired) electrons. The van der Waals surface area contributed by atoms with Crippen molar-refractivity contribution in [2.45, 2.75) is 53.9 Å². The van der Waals surface area contributed by atoms with Crippen LogP contribution in [0.3, 0.4) is 0 Å². The zero-order valence-corrected chi connectivity index (χ0v) is 18.3. The monoisotopic (exact) mass is 404 g/mol. The lowest BCUT2D eigenvalue weighted by Crippen LogP contribution is -2.49. The Kier molecular flexibility index (Phi) is 4.53. The molecule has 156 valence electrons. The van der Waals surface area contributed by atoms with Gasteiger partial charge in [-0.1, -0.05) is 29.9 Å². The molecule has 0 aliphatic heterocycles. The quantitative estimate of drug-likeness (QED) is 0.696. The van der Waals surface area contributed by atoms with E-state index in [4.69, 9.17) is 0 Å². The summed E-state index contributed by atoms with van der Waals surface area (Å²) in [4.78, 5) is 39.2. The fraction of sp³-hybridized carbons (Fsp3) is 0.423. The predicted molar refractivity (Wildman–Crippen MR) is 116 cm³/mol. The molecule has 4 heteroatoms. The Morgan fingerprint density at radius 2 is 1.83 bits per heavy atom. The summed E-state index contributed by atoms with van der Waals surface area (Å²) in [5.41, 5.74) is 5.11. The van der Waals surface area contributed by atoms with E-state index in [9.17, 15) is 19.5 Å². The molecule has 3 atom stereocenters. The second-order valence-electron chi connectivity index (χ2n) is 9.38. The molecule has 3 aliphatic carbocycles. The highest BCUT2D eigenvalue weighted by atomic mass is 16.3. The number of ketones is 3. The van der Waals surface area contributed by atoms with Crippen LogP contribution in [-0.4, -0.2) is 22.5 Å². The van der Waals surface area contributed by atoms with Crippen LogP contribution < -0.4 is 0 Å². The minimum atomic E-state index is -0.938. The minimum absolute atomic E-state index is 0.00227. The number of carbonyl (C=O) groups is 3. The Morgan fingerprint density at radius 3 is 2.43 bits per heavy atom. The van der Waals surface area contributed by atoms with E-state index in [2.05, 4.69) is 6.58 Å². The van der Waals surface area contributed by atoms with Gasteiger partial charge in [-0.05, 0) is 76.0 Å². The Morgan fingerprint density at radius 1 is 1.17 bits per heavy atom. The van der Waals surface area contributed by atoms with Crippen LogP contribution in [0.15, 0.2) is 41.2 Å². The molecule has 0 fully saturated rings. The number of fused-ring (bicyclic) bond motifs is 3. The van der Waals surface area contributed by atoms with Gasteiger partial charge in [0.15, 0.2) is 17.3 Å². The summed E-state index contributed by atoms with van der Waals surface area (Å²) in [6, 6.07) is 4.00. The molecule has 0 heterocycles. The summed E-state index contributed by atoms with van der Waals surface area (Å²) < 4.78 is 0. The van der Waals surface area contributed by atoms with E-state index in [1.54, 1.807) is 0 Å². The van der Waals surface area contributed by atoms with Gasteiger partial charge in [0, 0.05) is 17.6 Å². The van der Waals surface area contributed by atoms with Crippen LogP contribution in [0.4, 0.5) is 0 Å². The molecule has 1 N–H and O–H groups in total. The van der Waals surface area contributed by atoms with Crippen LogP contribution in [-0.2, 0) is 16.0 Å². The zero-order valence-electron chi connectivity index (χ0n) is 18.3. The Labute approximate surface area is 177 Å². The van der Waals surface area contributed by atoms with Crippen molar-refractivity contribution in [2.75, 3.05) is 0 Å². The van der Waals surface area contributed by atoms with Gasteiger partial charge >= 0.3 is 0 Å². The lowest BCUT2D eigenvalue weighted by Gasteiger charge is -2.49. The predicted octanol–water partition coefficient (Wildman–Crippen LogP) is 5.10. The first kappa shape index (κ1) is 20.5. The van der Waals surface area contributed by atoms with E-state index in [0.717, 1.165) is 45.4 Å². The fourth-order valence-corrected chi connectivity index (χ4v) is 5.94. The van der Waals surface area contributed by atoms with Gasteiger partial charge in [0.05, 0.1) is 11.0 Å². The number of hydrogen-bond donors (Lipinski definition) is 1. The summed E-state index contributed by atoms with van der Waals surface area (Å²) in [5, 5.41) is 10.5. The SMILES string of the molecule is C=C(C)c1ccc(C)c2c1CC1CC3CC(O)=C(C(C)=O)C(=O)C3(C)C(C)=C1C2=O. The largest absolute Gasteiger partial charge is 0.511 e. The number of Topliss-reactive ketones (excluding diaryl/α,β-unsaturated/α-hetero) is 3. The number of aliphatic hydroxyl groups excluding tert-OH is 1. The van der Waals surface area contributed by atoms with Gasteiger partial charge in [-0.3, -0.25) is 14.4 Å². The first-order valence-electron chi connectivity index (χ1n) is 10.5. The van der Waals surface area contributed by atoms with Crippen LogP contribution in [0.25, 0.3) is 5.57 Å². The molecule has 0 saturated carbocycles. The first-order chi connectivity index (χ1) is 14.0. The van der Waals surface area contributed by atoms with Gasteiger partial charge in [-0.15, -0.1) is 0 Å². The number of allylic oxidation sites excluding steroid dienone is 5. The molecule has 30 heavy (non-hydrogen) atoms. The van der Waals surface area contributed by atoms with Crippen molar-refractivity contribution in [3.63, 3.8) is 0 Å². The van der Waals surface area contributed by atoms with Crippen LogP contribution >= 0.6 is 0 Å². The summed E-state index contributed by atoms with van der Waals surface area (Å²) in [6.45, 7) is 13.0. The van der Waals surface area contributed by atoms with Gasteiger partial charge in [0.25, 0.3) is 0 Å². The summed E-state index contributed by atoms with van der Waals surface area (Å²) in [5.74, 6) is -1.00. The molecule has 1 aromatic rings. The third-order valence-corrected chi connectivity index (χ3v) is 7.66. The fourth-order valence-electron chi connectivity index (χ4n) is 5.94. The highest BCUT2D eigenvalue weighted by Crippen LogP contribution is 2.56. The summed E-state index contributed by atoms with van der Waals surface area (Å²) in [7, 11) is 0. The third-order valence-electron chi connectivity index (χ3n) is 7.66. The van der Waals surface area contributed by atoms with Crippen molar-refractivity contribution >= 4 is 22.9 Å². The molecule has 0 aromatic heterocycles. The maximum Gasteiger partial charge on any atom is 0.189 e. The van der Waals surface area contributed by atoms with E-state index in [1.807, 2.05) is 39.8 Å². The van der Waals surface area contributed by atoms with Gasteiger partial charge in [0.2, 0.25) is 0 Å². The van der Waals surface area contributed by atoms with Crippen molar-refractivity contribution in [3.8, 4) is 0 Å². The number of hydrogen-bond acceptors (Lipinski definition) is 4. The topological polar surface area (TPSA) is 71.4 Å². The van der Waals surface area contributed by atoms with Crippen molar-refractivity contribution in [2.24, 2.45) is 17.3 Å². The lowest BCUT2D eigenvalue weighted by molar-refractivity contribution is -0.129. The number of aliphatic hydroxyl groups is 1. The van der Waals surface area contributed by atoms with Gasteiger partial charge in [0.1, 0.15) is 5.76 Å². The average Bonchev–Trinajstić information content (AvgIpc) is 2.64. The standard InChI is InChI=1S/C26H28O4/c1-12(2)18-8-7-13(3)21-19(18)10-16-9-17-11-20(28)23(15(5)27)25(30)26(17,6)14(4)22(16)24(21)29/h7-8,16-17,28H,1,9-11H2,2-6H3. The molecule has 4 nitrogen and oxygen atoms in total. The second kappa shape index (κ2) is 6.63. The molecule has 0 saturated heterocycles.